The minimum absolute atomic E-state index is 0.0638. The summed E-state index contributed by atoms with van der Waals surface area (Å²) in [6.07, 6.45) is 6.43. The van der Waals surface area contributed by atoms with Gasteiger partial charge in [-0.3, -0.25) is 10.1 Å². The van der Waals surface area contributed by atoms with Crippen LogP contribution in [0.25, 0.3) is 0 Å². The van der Waals surface area contributed by atoms with Gasteiger partial charge < -0.3 is 4.90 Å². The van der Waals surface area contributed by atoms with Crippen molar-refractivity contribution in [1.29, 1.82) is 0 Å². The summed E-state index contributed by atoms with van der Waals surface area (Å²) in [5.41, 5.74) is 0. The van der Waals surface area contributed by atoms with Crippen molar-refractivity contribution in [2.24, 2.45) is 17.8 Å². The average molecular weight is 252 g/mol. The lowest BCUT2D eigenvalue weighted by Crippen LogP contribution is -2.38. The van der Waals surface area contributed by atoms with Crippen LogP contribution in [0, 0.1) is 17.8 Å². The molecule has 0 aromatic rings. The highest BCUT2D eigenvalue weighted by atomic mass is 16.2. The summed E-state index contributed by atoms with van der Waals surface area (Å²) in [5, 5.41) is 3.39. The summed E-state index contributed by atoms with van der Waals surface area (Å²) in [5.74, 6) is 2.29. The summed E-state index contributed by atoms with van der Waals surface area (Å²) >= 11 is 0. The molecule has 0 aromatic heterocycles. The lowest BCUT2D eigenvalue weighted by atomic mass is 9.80. The molecule has 3 nitrogen and oxygen atoms in total. The Bertz CT molecular complexity index is 292. The summed E-state index contributed by atoms with van der Waals surface area (Å²) in [6, 6.07) is 0.0638. The molecule has 4 atom stereocenters. The van der Waals surface area contributed by atoms with Crippen molar-refractivity contribution in [2.45, 2.75) is 58.9 Å². The molecule has 1 N–H and O–H groups in total. The van der Waals surface area contributed by atoms with E-state index in [1.165, 1.54) is 25.7 Å². The Morgan fingerprint density at radius 3 is 2.78 bits per heavy atom. The second kappa shape index (κ2) is 6.05. The first-order valence-corrected chi connectivity index (χ1v) is 7.65. The lowest BCUT2D eigenvalue weighted by molar-refractivity contribution is -0.130. The molecule has 1 heterocycles. The number of carbonyl (C=O) groups is 1. The van der Waals surface area contributed by atoms with Crippen LogP contribution in [0.5, 0.6) is 0 Å². The SMILES string of the molecule is CCC(C)C1NCN(CC2CCCCC2C)C1=O. The second-order valence-corrected chi connectivity index (χ2v) is 6.31. The Balaban J connectivity index is 1.89. The largest absolute Gasteiger partial charge is 0.328 e. The predicted octanol–water partition coefficient (Wildman–Crippen LogP) is 2.62. The van der Waals surface area contributed by atoms with Gasteiger partial charge in [-0.25, -0.2) is 0 Å². The van der Waals surface area contributed by atoms with Gasteiger partial charge in [0, 0.05) is 6.54 Å². The number of nitrogens with one attached hydrogen (secondary N) is 1. The number of rotatable bonds is 4. The molecule has 2 aliphatic rings. The number of hydrogen-bond acceptors (Lipinski definition) is 2. The Kier molecular flexibility index (Phi) is 4.66. The molecule has 0 spiro atoms. The minimum atomic E-state index is 0.0638. The van der Waals surface area contributed by atoms with E-state index in [2.05, 4.69) is 31.0 Å². The van der Waals surface area contributed by atoms with Crippen molar-refractivity contribution in [3.8, 4) is 0 Å². The Morgan fingerprint density at radius 1 is 1.39 bits per heavy atom. The summed E-state index contributed by atoms with van der Waals surface area (Å²) in [4.78, 5) is 14.4. The van der Waals surface area contributed by atoms with Gasteiger partial charge in [0.2, 0.25) is 5.91 Å². The van der Waals surface area contributed by atoms with Crippen LogP contribution >= 0.6 is 0 Å². The van der Waals surface area contributed by atoms with E-state index in [-0.39, 0.29) is 6.04 Å². The van der Waals surface area contributed by atoms with E-state index in [1.54, 1.807) is 0 Å². The zero-order valence-corrected chi connectivity index (χ0v) is 12.1. The molecule has 18 heavy (non-hydrogen) atoms. The maximum atomic E-state index is 12.3. The zero-order valence-electron chi connectivity index (χ0n) is 12.1. The fourth-order valence-corrected chi connectivity index (χ4v) is 3.35. The first-order valence-electron chi connectivity index (χ1n) is 7.65. The summed E-state index contributed by atoms with van der Waals surface area (Å²) in [6.45, 7) is 8.41. The molecule has 1 aliphatic carbocycles. The third-order valence-corrected chi connectivity index (χ3v) is 5.04. The topological polar surface area (TPSA) is 32.3 Å². The Hall–Kier alpha value is -0.570. The van der Waals surface area contributed by atoms with Gasteiger partial charge in [0.05, 0.1) is 12.7 Å². The molecule has 2 fully saturated rings. The van der Waals surface area contributed by atoms with Gasteiger partial charge >= 0.3 is 0 Å². The first-order chi connectivity index (χ1) is 8.63. The highest BCUT2D eigenvalue weighted by Gasteiger charge is 2.36. The van der Waals surface area contributed by atoms with Crippen LogP contribution in [0.15, 0.2) is 0 Å². The number of nitrogens with zero attached hydrogens (tertiary/aromatic N) is 1. The molecule has 0 aromatic carbocycles. The smallest absolute Gasteiger partial charge is 0.241 e. The van der Waals surface area contributed by atoms with Gasteiger partial charge in [0.15, 0.2) is 0 Å². The van der Waals surface area contributed by atoms with E-state index >= 15 is 0 Å². The number of carbonyl (C=O) groups excluding carboxylic acids is 1. The summed E-state index contributed by atoms with van der Waals surface area (Å²) in [7, 11) is 0. The molecule has 3 heteroatoms. The highest BCUT2D eigenvalue weighted by molar-refractivity contribution is 5.84. The molecule has 1 saturated carbocycles. The molecule has 1 amide bonds. The molecule has 1 saturated heterocycles. The molecular formula is C15H28N2O. The molecule has 1 aliphatic heterocycles. The van der Waals surface area contributed by atoms with Crippen LogP contribution in [0.4, 0.5) is 0 Å². The van der Waals surface area contributed by atoms with Gasteiger partial charge in [-0.1, -0.05) is 46.5 Å². The van der Waals surface area contributed by atoms with Crippen molar-refractivity contribution < 1.29 is 4.79 Å². The third-order valence-electron chi connectivity index (χ3n) is 5.04. The van der Waals surface area contributed by atoms with Crippen molar-refractivity contribution in [3.63, 3.8) is 0 Å². The predicted molar refractivity (Wildman–Crippen MR) is 74.1 cm³/mol. The van der Waals surface area contributed by atoms with Gasteiger partial charge in [-0.2, -0.15) is 0 Å². The van der Waals surface area contributed by atoms with Crippen LogP contribution in [0.3, 0.4) is 0 Å². The van der Waals surface area contributed by atoms with Crippen LogP contribution in [-0.4, -0.2) is 30.1 Å². The van der Waals surface area contributed by atoms with Crippen LogP contribution in [0.2, 0.25) is 0 Å². The highest BCUT2D eigenvalue weighted by Crippen LogP contribution is 2.31. The van der Waals surface area contributed by atoms with E-state index in [4.69, 9.17) is 0 Å². The van der Waals surface area contributed by atoms with Crippen molar-refractivity contribution in [2.75, 3.05) is 13.2 Å². The molecule has 0 bridgehead atoms. The van der Waals surface area contributed by atoms with Crippen LogP contribution < -0.4 is 5.32 Å². The maximum Gasteiger partial charge on any atom is 0.241 e. The number of hydrogen-bond donors (Lipinski definition) is 1. The van der Waals surface area contributed by atoms with E-state index in [0.717, 1.165) is 31.5 Å². The Labute approximate surface area is 111 Å². The van der Waals surface area contributed by atoms with E-state index in [0.29, 0.717) is 11.8 Å². The molecule has 4 unspecified atom stereocenters. The fraction of sp³-hybridized carbons (Fsp3) is 0.933. The van der Waals surface area contributed by atoms with Gasteiger partial charge in [0.25, 0.3) is 0 Å². The molecule has 104 valence electrons. The molecular weight excluding hydrogens is 224 g/mol. The first kappa shape index (κ1) is 13.9. The molecule has 2 rings (SSSR count). The van der Waals surface area contributed by atoms with Crippen LogP contribution in [0.1, 0.15) is 52.9 Å². The lowest BCUT2D eigenvalue weighted by Gasteiger charge is -2.32. The fourth-order valence-electron chi connectivity index (χ4n) is 3.35. The quantitative estimate of drug-likeness (QED) is 0.834. The van der Waals surface area contributed by atoms with Gasteiger partial charge in [-0.05, 0) is 24.2 Å². The zero-order chi connectivity index (χ0) is 13.1. The third kappa shape index (κ3) is 2.87. The molecule has 0 radical (unpaired) electrons. The van der Waals surface area contributed by atoms with Crippen molar-refractivity contribution >= 4 is 5.91 Å². The van der Waals surface area contributed by atoms with E-state index in [9.17, 15) is 4.79 Å². The Morgan fingerprint density at radius 2 is 2.11 bits per heavy atom. The monoisotopic (exact) mass is 252 g/mol. The summed E-state index contributed by atoms with van der Waals surface area (Å²) < 4.78 is 0. The average Bonchev–Trinajstić information content (AvgIpc) is 2.73. The van der Waals surface area contributed by atoms with Gasteiger partial charge in [-0.15, -0.1) is 0 Å². The second-order valence-electron chi connectivity index (χ2n) is 6.31. The minimum Gasteiger partial charge on any atom is -0.328 e. The van der Waals surface area contributed by atoms with Crippen LogP contribution in [-0.2, 0) is 4.79 Å². The van der Waals surface area contributed by atoms with E-state index < -0.39 is 0 Å². The normalized spacial score (nSPS) is 34.9. The maximum absolute atomic E-state index is 12.3. The van der Waals surface area contributed by atoms with E-state index in [1.807, 2.05) is 0 Å². The van der Waals surface area contributed by atoms with Crippen molar-refractivity contribution in [3.05, 3.63) is 0 Å². The van der Waals surface area contributed by atoms with Gasteiger partial charge in [0.1, 0.15) is 0 Å². The van der Waals surface area contributed by atoms with Crippen molar-refractivity contribution in [1.82, 2.24) is 10.2 Å². The standard InChI is InChI=1S/C15H28N2O/c1-4-11(2)14-15(18)17(10-16-14)9-13-8-6-5-7-12(13)3/h11-14,16H,4-10H2,1-3H3. The number of amides is 1.